The van der Waals surface area contributed by atoms with Crippen LogP contribution in [0.4, 0.5) is 0 Å². The summed E-state index contributed by atoms with van der Waals surface area (Å²) in [6.45, 7) is 5.59. The number of aromatic nitrogens is 2. The molecule has 0 saturated heterocycles. The van der Waals surface area contributed by atoms with Crippen molar-refractivity contribution in [3.05, 3.63) is 34.6 Å². The number of rotatable bonds is 7. The summed E-state index contributed by atoms with van der Waals surface area (Å²) < 4.78 is 38.0. The van der Waals surface area contributed by atoms with Gasteiger partial charge in [-0.2, -0.15) is 5.10 Å². The molecule has 0 amide bonds. The topological polar surface area (TPSA) is 93.3 Å². The number of nitrogens with one attached hydrogen (secondary N) is 2. The molecule has 24 heavy (non-hydrogen) atoms. The van der Waals surface area contributed by atoms with Gasteiger partial charge in [0.05, 0.1) is 25.6 Å². The summed E-state index contributed by atoms with van der Waals surface area (Å²) in [4.78, 5) is 0.214. The molecule has 0 spiro atoms. The molecule has 0 aliphatic carbocycles. The zero-order chi connectivity index (χ0) is 17.9. The Labute approximate surface area is 142 Å². The molecule has 0 atom stereocenters. The van der Waals surface area contributed by atoms with Crippen molar-refractivity contribution in [3.8, 4) is 11.5 Å². The number of nitrogens with zero attached hydrogens (tertiary/aromatic N) is 1. The van der Waals surface area contributed by atoms with E-state index in [1.807, 2.05) is 19.1 Å². The normalized spacial score (nSPS) is 11.5. The van der Waals surface area contributed by atoms with Crippen LogP contribution in [0.25, 0.3) is 0 Å². The lowest BCUT2D eigenvalue weighted by molar-refractivity contribution is 0.354. The highest BCUT2D eigenvalue weighted by molar-refractivity contribution is 7.89. The Morgan fingerprint density at radius 2 is 1.75 bits per heavy atom. The van der Waals surface area contributed by atoms with Crippen molar-refractivity contribution in [3.63, 3.8) is 0 Å². The maximum absolute atomic E-state index is 12.4. The van der Waals surface area contributed by atoms with Gasteiger partial charge in [0.25, 0.3) is 0 Å². The van der Waals surface area contributed by atoms with E-state index in [-0.39, 0.29) is 11.4 Å². The lowest BCUT2D eigenvalue weighted by Gasteiger charge is -2.13. The highest BCUT2D eigenvalue weighted by Crippen LogP contribution is 2.30. The number of benzene rings is 1. The van der Waals surface area contributed by atoms with E-state index < -0.39 is 10.0 Å². The molecule has 0 bridgehead atoms. The van der Waals surface area contributed by atoms with Crippen LogP contribution in [0.15, 0.2) is 17.0 Å². The van der Waals surface area contributed by atoms with E-state index in [9.17, 15) is 8.42 Å². The van der Waals surface area contributed by atoms with Gasteiger partial charge in [0.15, 0.2) is 11.5 Å². The third-order valence-electron chi connectivity index (χ3n) is 3.86. The van der Waals surface area contributed by atoms with E-state index in [0.29, 0.717) is 29.3 Å². The lowest BCUT2D eigenvalue weighted by atomic mass is 10.0. The summed E-state index contributed by atoms with van der Waals surface area (Å²) in [6, 6.07) is 3.75. The molecule has 2 rings (SSSR count). The quantitative estimate of drug-likeness (QED) is 0.793. The number of aromatic amines is 1. The first-order valence-electron chi connectivity index (χ1n) is 7.53. The van der Waals surface area contributed by atoms with Crippen LogP contribution in [-0.4, -0.2) is 39.4 Å². The van der Waals surface area contributed by atoms with Crippen LogP contribution in [0.1, 0.15) is 22.5 Å². The minimum atomic E-state index is -3.59. The fraction of sp³-hybridized carbons (Fsp3) is 0.438. The number of hydrogen-bond acceptors (Lipinski definition) is 5. The largest absolute Gasteiger partial charge is 0.493 e. The molecule has 0 aliphatic heterocycles. The minimum absolute atomic E-state index is 0.214. The summed E-state index contributed by atoms with van der Waals surface area (Å²) in [6.07, 6.45) is 0.543. The molecule has 1 heterocycles. The second-order valence-corrected chi connectivity index (χ2v) is 7.25. The smallest absolute Gasteiger partial charge is 0.244 e. The standard InChI is InChI=1S/C16H23N3O4S/c1-10-8-14(22-4)15(23-5)9-13(10)6-7-17-24(20,21)16-11(2)18-19-12(16)3/h8-9,17H,6-7H2,1-5H3,(H,18,19). The number of hydrogen-bond donors (Lipinski definition) is 2. The highest BCUT2D eigenvalue weighted by Gasteiger charge is 2.21. The molecule has 0 radical (unpaired) electrons. The SMILES string of the molecule is COc1cc(C)c(CCNS(=O)(=O)c2c(C)n[nH]c2C)cc1OC. The molecule has 7 nitrogen and oxygen atoms in total. The van der Waals surface area contributed by atoms with Crippen LogP contribution in [-0.2, 0) is 16.4 Å². The van der Waals surface area contributed by atoms with Crippen molar-refractivity contribution in [2.75, 3.05) is 20.8 Å². The first-order valence-corrected chi connectivity index (χ1v) is 9.01. The van der Waals surface area contributed by atoms with Gasteiger partial charge in [0.2, 0.25) is 10.0 Å². The minimum Gasteiger partial charge on any atom is -0.493 e. The molecule has 2 N–H and O–H groups in total. The summed E-state index contributed by atoms with van der Waals surface area (Å²) >= 11 is 0. The lowest BCUT2D eigenvalue weighted by Crippen LogP contribution is -2.27. The van der Waals surface area contributed by atoms with Gasteiger partial charge in [-0.1, -0.05) is 0 Å². The van der Waals surface area contributed by atoms with Crippen LogP contribution in [0, 0.1) is 20.8 Å². The second kappa shape index (κ2) is 7.23. The van der Waals surface area contributed by atoms with E-state index in [4.69, 9.17) is 9.47 Å². The molecule has 1 aromatic carbocycles. The van der Waals surface area contributed by atoms with E-state index >= 15 is 0 Å². The van der Waals surface area contributed by atoms with Crippen LogP contribution >= 0.6 is 0 Å². The molecule has 0 fully saturated rings. The van der Waals surface area contributed by atoms with Crippen molar-refractivity contribution in [2.24, 2.45) is 0 Å². The predicted molar refractivity (Wildman–Crippen MR) is 91.2 cm³/mol. The van der Waals surface area contributed by atoms with Crippen LogP contribution in [0.2, 0.25) is 0 Å². The first kappa shape index (κ1) is 18.3. The molecular weight excluding hydrogens is 330 g/mol. The number of sulfonamides is 1. The van der Waals surface area contributed by atoms with Gasteiger partial charge in [0, 0.05) is 6.54 Å². The van der Waals surface area contributed by atoms with E-state index in [1.54, 1.807) is 28.1 Å². The van der Waals surface area contributed by atoms with Gasteiger partial charge in [-0.15, -0.1) is 0 Å². The van der Waals surface area contributed by atoms with E-state index in [1.165, 1.54) is 0 Å². The molecule has 0 saturated carbocycles. The Hall–Kier alpha value is -2.06. The molecule has 1 aromatic heterocycles. The number of methoxy groups -OCH3 is 2. The van der Waals surface area contributed by atoms with Crippen molar-refractivity contribution < 1.29 is 17.9 Å². The van der Waals surface area contributed by atoms with Crippen molar-refractivity contribution in [1.29, 1.82) is 0 Å². The van der Waals surface area contributed by atoms with Crippen LogP contribution in [0.3, 0.4) is 0 Å². The third kappa shape index (κ3) is 3.70. The molecule has 2 aromatic rings. The zero-order valence-electron chi connectivity index (χ0n) is 14.6. The fourth-order valence-corrected chi connectivity index (χ4v) is 4.02. The maximum Gasteiger partial charge on any atom is 0.244 e. The highest BCUT2D eigenvalue weighted by atomic mass is 32.2. The van der Waals surface area contributed by atoms with Crippen molar-refractivity contribution in [2.45, 2.75) is 32.1 Å². The number of H-pyrrole nitrogens is 1. The predicted octanol–water partition coefficient (Wildman–Crippen LogP) is 1.87. The Bertz CT molecular complexity index is 809. The molecule has 0 unspecified atom stereocenters. The molecule has 0 aliphatic rings. The second-order valence-electron chi connectivity index (χ2n) is 5.54. The van der Waals surface area contributed by atoms with Gasteiger partial charge >= 0.3 is 0 Å². The van der Waals surface area contributed by atoms with Gasteiger partial charge in [-0.05, 0) is 50.5 Å². The number of aryl methyl sites for hydroxylation is 3. The molecular formula is C16H23N3O4S. The summed E-state index contributed by atoms with van der Waals surface area (Å²) in [5, 5.41) is 6.62. The fourth-order valence-electron chi connectivity index (χ4n) is 2.62. The zero-order valence-corrected chi connectivity index (χ0v) is 15.4. The Balaban J connectivity index is 2.12. The third-order valence-corrected chi connectivity index (χ3v) is 5.58. The van der Waals surface area contributed by atoms with Crippen LogP contribution < -0.4 is 14.2 Å². The van der Waals surface area contributed by atoms with Crippen LogP contribution in [0.5, 0.6) is 11.5 Å². The summed E-state index contributed by atoms with van der Waals surface area (Å²) in [5.74, 6) is 1.28. The van der Waals surface area contributed by atoms with Gasteiger partial charge in [0.1, 0.15) is 4.90 Å². The molecule has 8 heteroatoms. The average molecular weight is 353 g/mol. The first-order chi connectivity index (χ1) is 11.3. The average Bonchev–Trinajstić information content (AvgIpc) is 2.87. The van der Waals surface area contributed by atoms with Gasteiger partial charge in [-0.25, -0.2) is 13.1 Å². The van der Waals surface area contributed by atoms with E-state index in [2.05, 4.69) is 14.9 Å². The van der Waals surface area contributed by atoms with Crippen molar-refractivity contribution in [1.82, 2.24) is 14.9 Å². The Morgan fingerprint density at radius 1 is 1.12 bits per heavy atom. The Kier molecular flexibility index (Phi) is 5.51. The van der Waals surface area contributed by atoms with Gasteiger partial charge < -0.3 is 9.47 Å². The number of ether oxygens (including phenoxy) is 2. The molecule has 132 valence electrons. The van der Waals surface area contributed by atoms with Gasteiger partial charge in [-0.3, -0.25) is 5.10 Å². The summed E-state index contributed by atoms with van der Waals surface area (Å²) in [7, 11) is -0.432. The van der Waals surface area contributed by atoms with E-state index in [0.717, 1.165) is 11.1 Å². The van der Waals surface area contributed by atoms with Crippen molar-refractivity contribution >= 4 is 10.0 Å². The Morgan fingerprint density at radius 3 is 2.29 bits per heavy atom. The summed E-state index contributed by atoms with van der Waals surface area (Å²) in [5.41, 5.74) is 3.00. The monoisotopic (exact) mass is 353 g/mol. The maximum atomic E-state index is 12.4.